The largest absolute Gasteiger partial charge is 0.372 e. The number of hydrogen-bond acceptors (Lipinski definition) is 2. The van der Waals surface area contributed by atoms with Crippen molar-refractivity contribution in [3.63, 3.8) is 0 Å². The molecule has 2 heteroatoms. The molecular formula is C12H23NO. The van der Waals surface area contributed by atoms with Crippen LogP contribution >= 0.6 is 0 Å². The van der Waals surface area contributed by atoms with Gasteiger partial charge in [-0.1, -0.05) is 19.8 Å². The van der Waals surface area contributed by atoms with Gasteiger partial charge in [0, 0.05) is 13.1 Å². The van der Waals surface area contributed by atoms with Crippen LogP contribution in [0, 0.1) is 11.8 Å². The van der Waals surface area contributed by atoms with Gasteiger partial charge in [0.05, 0.1) is 12.2 Å². The van der Waals surface area contributed by atoms with Crippen molar-refractivity contribution in [1.29, 1.82) is 0 Å². The number of ether oxygens (including phenoxy) is 1. The average molecular weight is 197 g/mol. The fraction of sp³-hybridized carbons (Fsp3) is 1.00. The van der Waals surface area contributed by atoms with E-state index in [9.17, 15) is 0 Å². The maximum absolute atomic E-state index is 5.99. The van der Waals surface area contributed by atoms with E-state index < -0.39 is 0 Å². The zero-order valence-electron chi connectivity index (χ0n) is 9.51. The standard InChI is InChI=1S/C12H23NO/c1-10-4-3-5-11(6-10)7-14-12(2)8-13-9-12/h10-11,13H,3-9H2,1-2H3. The molecule has 1 aliphatic carbocycles. The molecule has 1 aliphatic heterocycles. The molecule has 82 valence electrons. The van der Waals surface area contributed by atoms with Crippen LogP contribution < -0.4 is 5.32 Å². The van der Waals surface area contributed by atoms with Crippen LogP contribution in [0.25, 0.3) is 0 Å². The van der Waals surface area contributed by atoms with Gasteiger partial charge in [0.2, 0.25) is 0 Å². The van der Waals surface area contributed by atoms with E-state index in [0.717, 1.165) is 31.5 Å². The molecule has 2 rings (SSSR count). The number of hydrogen-bond donors (Lipinski definition) is 1. The van der Waals surface area contributed by atoms with Crippen LogP contribution in [-0.2, 0) is 4.74 Å². The van der Waals surface area contributed by atoms with Crippen molar-refractivity contribution in [1.82, 2.24) is 5.32 Å². The third kappa shape index (κ3) is 2.48. The summed E-state index contributed by atoms with van der Waals surface area (Å²) < 4.78 is 5.99. The van der Waals surface area contributed by atoms with Gasteiger partial charge in [-0.3, -0.25) is 0 Å². The lowest BCUT2D eigenvalue weighted by Crippen LogP contribution is -2.59. The predicted octanol–water partition coefficient (Wildman–Crippen LogP) is 2.19. The van der Waals surface area contributed by atoms with Gasteiger partial charge in [-0.05, 0) is 31.6 Å². The lowest BCUT2D eigenvalue weighted by Gasteiger charge is -2.40. The third-order valence-electron chi connectivity index (χ3n) is 3.71. The smallest absolute Gasteiger partial charge is 0.0901 e. The molecule has 0 bridgehead atoms. The monoisotopic (exact) mass is 197 g/mol. The van der Waals surface area contributed by atoms with E-state index in [-0.39, 0.29) is 5.60 Å². The lowest BCUT2D eigenvalue weighted by molar-refractivity contribution is -0.0851. The van der Waals surface area contributed by atoms with Gasteiger partial charge in [-0.25, -0.2) is 0 Å². The fourth-order valence-corrected chi connectivity index (χ4v) is 2.61. The highest BCUT2D eigenvalue weighted by molar-refractivity contribution is 4.90. The first-order chi connectivity index (χ1) is 6.68. The van der Waals surface area contributed by atoms with Crippen LogP contribution in [0.15, 0.2) is 0 Å². The van der Waals surface area contributed by atoms with Crippen LogP contribution in [0.3, 0.4) is 0 Å². The molecular weight excluding hydrogens is 174 g/mol. The summed E-state index contributed by atoms with van der Waals surface area (Å²) in [7, 11) is 0. The molecule has 2 unspecified atom stereocenters. The second kappa shape index (κ2) is 4.19. The van der Waals surface area contributed by atoms with Gasteiger partial charge in [0.1, 0.15) is 0 Å². The van der Waals surface area contributed by atoms with Crippen LogP contribution in [0.2, 0.25) is 0 Å². The quantitative estimate of drug-likeness (QED) is 0.749. The van der Waals surface area contributed by atoms with Crippen molar-refractivity contribution in [3.05, 3.63) is 0 Å². The minimum absolute atomic E-state index is 0.153. The molecule has 0 amide bonds. The van der Waals surface area contributed by atoms with Gasteiger partial charge < -0.3 is 10.1 Å². The maximum Gasteiger partial charge on any atom is 0.0901 e. The summed E-state index contributed by atoms with van der Waals surface area (Å²) in [5, 5.41) is 3.27. The van der Waals surface area contributed by atoms with Crippen molar-refractivity contribution < 1.29 is 4.74 Å². The van der Waals surface area contributed by atoms with Crippen molar-refractivity contribution in [3.8, 4) is 0 Å². The van der Waals surface area contributed by atoms with Crippen LogP contribution in [0.5, 0.6) is 0 Å². The van der Waals surface area contributed by atoms with Crippen molar-refractivity contribution in [2.24, 2.45) is 11.8 Å². The first-order valence-electron chi connectivity index (χ1n) is 6.03. The van der Waals surface area contributed by atoms with Crippen LogP contribution in [0.4, 0.5) is 0 Å². The van der Waals surface area contributed by atoms with Crippen molar-refractivity contribution in [2.75, 3.05) is 19.7 Å². The molecule has 0 aromatic rings. The minimum Gasteiger partial charge on any atom is -0.372 e. The van der Waals surface area contributed by atoms with E-state index in [1.165, 1.54) is 25.7 Å². The van der Waals surface area contributed by atoms with E-state index in [0.29, 0.717) is 0 Å². The highest BCUT2D eigenvalue weighted by Crippen LogP contribution is 2.30. The topological polar surface area (TPSA) is 21.3 Å². The first-order valence-corrected chi connectivity index (χ1v) is 6.03. The fourth-order valence-electron chi connectivity index (χ4n) is 2.61. The molecule has 1 N–H and O–H groups in total. The third-order valence-corrected chi connectivity index (χ3v) is 3.71. The lowest BCUT2D eigenvalue weighted by atomic mass is 9.83. The second-order valence-electron chi connectivity index (χ2n) is 5.50. The summed E-state index contributed by atoms with van der Waals surface area (Å²) in [6.45, 7) is 7.65. The predicted molar refractivity (Wildman–Crippen MR) is 58.3 cm³/mol. The molecule has 1 heterocycles. The van der Waals surface area contributed by atoms with Gasteiger partial charge in [0.15, 0.2) is 0 Å². The average Bonchev–Trinajstić information content (AvgIpc) is 2.12. The Kier molecular flexibility index (Phi) is 3.13. The summed E-state index contributed by atoms with van der Waals surface area (Å²) in [4.78, 5) is 0. The SMILES string of the molecule is CC1CCCC(COC2(C)CNC2)C1. The molecule has 2 fully saturated rings. The van der Waals surface area contributed by atoms with E-state index in [4.69, 9.17) is 4.74 Å². The molecule has 2 atom stereocenters. The van der Waals surface area contributed by atoms with E-state index in [1.54, 1.807) is 0 Å². The Bertz CT molecular complexity index is 189. The molecule has 14 heavy (non-hydrogen) atoms. The number of nitrogens with one attached hydrogen (secondary N) is 1. The Hall–Kier alpha value is -0.0800. The van der Waals surface area contributed by atoms with Gasteiger partial charge >= 0.3 is 0 Å². The molecule has 0 radical (unpaired) electrons. The Morgan fingerprint density at radius 3 is 2.71 bits per heavy atom. The molecule has 0 aromatic heterocycles. The molecule has 2 aliphatic rings. The van der Waals surface area contributed by atoms with Crippen LogP contribution in [0.1, 0.15) is 39.5 Å². The highest BCUT2D eigenvalue weighted by atomic mass is 16.5. The highest BCUT2D eigenvalue weighted by Gasteiger charge is 2.33. The molecule has 1 saturated heterocycles. The van der Waals surface area contributed by atoms with E-state index in [1.807, 2.05) is 0 Å². The summed E-state index contributed by atoms with van der Waals surface area (Å²) in [5.41, 5.74) is 0.153. The van der Waals surface area contributed by atoms with Crippen molar-refractivity contribution >= 4 is 0 Å². The zero-order valence-corrected chi connectivity index (χ0v) is 9.51. The normalized spacial score (nSPS) is 36.4. The Balaban J connectivity index is 1.69. The molecule has 1 saturated carbocycles. The summed E-state index contributed by atoms with van der Waals surface area (Å²) in [5.74, 6) is 1.75. The van der Waals surface area contributed by atoms with Gasteiger partial charge in [-0.15, -0.1) is 0 Å². The van der Waals surface area contributed by atoms with E-state index >= 15 is 0 Å². The summed E-state index contributed by atoms with van der Waals surface area (Å²) >= 11 is 0. The zero-order chi connectivity index (χ0) is 10.0. The minimum atomic E-state index is 0.153. The van der Waals surface area contributed by atoms with Gasteiger partial charge in [0.25, 0.3) is 0 Å². The number of rotatable bonds is 3. The first kappa shape index (κ1) is 10.4. The van der Waals surface area contributed by atoms with Crippen LogP contribution in [-0.4, -0.2) is 25.3 Å². The molecule has 0 aromatic carbocycles. The van der Waals surface area contributed by atoms with E-state index in [2.05, 4.69) is 19.2 Å². The van der Waals surface area contributed by atoms with Crippen molar-refractivity contribution in [2.45, 2.75) is 45.1 Å². The maximum atomic E-state index is 5.99. The Morgan fingerprint density at radius 2 is 2.14 bits per heavy atom. The van der Waals surface area contributed by atoms with Gasteiger partial charge in [-0.2, -0.15) is 0 Å². The summed E-state index contributed by atoms with van der Waals surface area (Å²) in [6.07, 6.45) is 5.59. The Morgan fingerprint density at radius 1 is 1.36 bits per heavy atom. The second-order valence-corrected chi connectivity index (χ2v) is 5.50. The molecule has 2 nitrogen and oxygen atoms in total. The summed E-state index contributed by atoms with van der Waals surface area (Å²) in [6, 6.07) is 0. The Labute approximate surface area is 87.4 Å². The molecule has 0 spiro atoms.